The van der Waals surface area contributed by atoms with Gasteiger partial charge in [0.05, 0.1) is 6.04 Å². The Morgan fingerprint density at radius 1 is 1.58 bits per heavy atom. The summed E-state index contributed by atoms with van der Waals surface area (Å²) in [6, 6.07) is -0.270. The van der Waals surface area contributed by atoms with E-state index in [2.05, 4.69) is 11.8 Å². The fourth-order valence-corrected chi connectivity index (χ4v) is 0.968. The molecule has 2 N–H and O–H groups in total. The first-order chi connectivity index (χ1) is 5.72. The second kappa shape index (κ2) is 6.87. The first-order valence-corrected chi connectivity index (χ1v) is 4.40. The standard InChI is InChI=1S/C10H17NO/c1-3-5-6-8-10(12)9(11)7-4-2/h9H,4,6-8,11H2,1-2H3. The van der Waals surface area contributed by atoms with E-state index in [0.717, 1.165) is 12.8 Å². The van der Waals surface area contributed by atoms with Crippen molar-refractivity contribution < 1.29 is 4.79 Å². The summed E-state index contributed by atoms with van der Waals surface area (Å²) in [5, 5.41) is 0. The van der Waals surface area contributed by atoms with Gasteiger partial charge in [0.2, 0.25) is 0 Å². The number of carbonyl (C=O) groups is 1. The number of ketones is 1. The molecule has 68 valence electrons. The molecule has 0 aliphatic rings. The quantitative estimate of drug-likeness (QED) is 0.630. The van der Waals surface area contributed by atoms with Crippen LogP contribution in [-0.4, -0.2) is 11.8 Å². The molecule has 0 heterocycles. The van der Waals surface area contributed by atoms with Gasteiger partial charge in [0.1, 0.15) is 5.78 Å². The molecule has 0 aromatic rings. The van der Waals surface area contributed by atoms with Gasteiger partial charge in [0.15, 0.2) is 0 Å². The van der Waals surface area contributed by atoms with Crippen molar-refractivity contribution in [2.75, 3.05) is 0 Å². The van der Waals surface area contributed by atoms with E-state index in [1.807, 2.05) is 6.92 Å². The predicted octanol–water partition coefficient (Wildman–Crippen LogP) is 1.49. The Kier molecular flexibility index (Phi) is 6.41. The minimum absolute atomic E-state index is 0.139. The van der Waals surface area contributed by atoms with Gasteiger partial charge in [-0.2, -0.15) is 0 Å². The normalized spacial score (nSPS) is 11.6. The van der Waals surface area contributed by atoms with Crippen molar-refractivity contribution in [2.24, 2.45) is 5.73 Å². The highest BCUT2D eigenvalue weighted by Crippen LogP contribution is 1.99. The molecular weight excluding hydrogens is 150 g/mol. The third-order valence-corrected chi connectivity index (χ3v) is 1.69. The molecule has 0 fully saturated rings. The van der Waals surface area contributed by atoms with Crippen LogP contribution in [0.3, 0.4) is 0 Å². The van der Waals surface area contributed by atoms with Crippen molar-refractivity contribution in [1.29, 1.82) is 0 Å². The summed E-state index contributed by atoms with van der Waals surface area (Å²) >= 11 is 0. The lowest BCUT2D eigenvalue weighted by atomic mass is 10.0. The van der Waals surface area contributed by atoms with Crippen LogP contribution in [0.2, 0.25) is 0 Å². The molecular formula is C10H17NO. The Labute approximate surface area is 74.5 Å². The summed E-state index contributed by atoms with van der Waals surface area (Å²) in [6.45, 7) is 3.80. The monoisotopic (exact) mass is 167 g/mol. The molecule has 2 nitrogen and oxygen atoms in total. The van der Waals surface area contributed by atoms with E-state index in [1.54, 1.807) is 6.92 Å². The van der Waals surface area contributed by atoms with Gasteiger partial charge in [0, 0.05) is 12.8 Å². The molecule has 0 rings (SSSR count). The van der Waals surface area contributed by atoms with E-state index in [0.29, 0.717) is 12.8 Å². The lowest BCUT2D eigenvalue weighted by Crippen LogP contribution is -2.29. The fraction of sp³-hybridized carbons (Fsp3) is 0.700. The summed E-state index contributed by atoms with van der Waals surface area (Å²) in [6.07, 6.45) is 2.90. The van der Waals surface area contributed by atoms with Gasteiger partial charge in [-0.05, 0) is 13.3 Å². The number of hydrogen-bond acceptors (Lipinski definition) is 2. The predicted molar refractivity (Wildman–Crippen MR) is 50.6 cm³/mol. The van der Waals surface area contributed by atoms with Gasteiger partial charge in [-0.15, -0.1) is 11.8 Å². The van der Waals surface area contributed by atoms with Crippen molar-refractivity contribution in [1.82, 2.24) is 0 Å². The van der Waals surface area contributed by atoms with E-state index in [4.69, 9.17) is 5.73 Å². The molecule has 0 aromatic carbocycles. The van der Waals surface area contributed by atoms with Crippen LogP contribution in [0, 0.1) is 11.8 Å². The Morgan fingerprint density at radius 2 is 2.25 bits per heavy atom. The third kappa shape index (κ3) is 4.92. The maximum absolute atomic E-state index is 11.2. The lowest BCUT2D eigenvalue weighted by Gasteiger charge is -2.06. The largest absolute Gasteiger partial charge is 0.322 e. The SMILES string of the molecule is CC#CCCC(=O)C(N)CCC. The molecule has 0 amide bonds. The van der Waals surface area contributed by atoms with Gasteiger partial charge >= 0.3 is 0 Å². The zero-order valence-corrected chi connectivity index (χ0v) is 7.89. The van der Waals surface area contributed by atoms with E-state index in [9.17, 15) is 4.79 Å². The summed E-state index contributed by atoms with van der Waals surface area (Å²) in [7, 11) is 0. The topological polar surface area (TPSA) is 43.1 Å². The number of hydrogen-bond donors (Lipinski definition) is 1. The van der Waals surface area contributed by atoms with Crippen LogP contribution in [-0.2, 0) is 4.79 Å². The van der Waals surface area contributed by atoms with Gasteiger partial charge in [-0.1, -0.05) is 13.3 Å². The van der Waals surface area contributed by atoms with Crippen LogP contribution in [0.25, 0.3) is 0 Å². The molecule has 0 aliphatic carbocycles. The molecule has 0 aliphatic heterocycles. The number of Topliss-reactive ketones (excluding diaryl/α,β-unsaturated/α-hetero) is 1. The molecule has 0 radical (unpaired) electrons. The van der Waals surface area contributed by atoms with Crippen molar-refractivity contribution in [3.63, 3.8) is 0 Å². The van der Waals surface area contributed by atoms with Crippen LogP contribution >= 0.6 is 0 Å². The zero-order valence-electron chi connectivity index (χ0n) is 7.89. The third-order valence-electron chi connectivity index (χ3n) is 1.69. The number of rotatable bonds is 5. The Hall–Kier alpha value is -0.810. The molecule has 0 spiro atoms. The summed E-state index contributed by atoms with van der Waals surface area (Å²) in [5.41, 5.74) is 5.61. The second-order valence-electron chi connectivity index (χ2n) is 2.79. The molecule has 0 aromatic heterocycles. The number of nitrogens with two attached hydrogens (primary N) is 1. The highest BCUT2D eigenvalue weighted by molar-refractivity contribution is 5.83. The smallest absolute Gasteiger partial charge is 0.150 e. The van der Waals surface area contributed by atoms with Crippen LogP contribution in [0.15, 0.2) is 0 Å². The van der Waals surface area contributed by atoms with Gasteiger partial charge in [-0.3, -0.25) is 4.79 Å². The average molecular weight is 167 g/mol. The second-order valence-corrected chi connectivity index (χ2v) is 2.79. The highest BCUT2D eigenvalue weighted by Gasteiger charge is 2.10. The molecule has 0 saturated heterocycles. The minimum Gasteiger partial charge on any atom is -0.322 e. The zero-order chi connectivity index (χ0) is 9.40. The Morgan fingerprint density at radius 3 is 2.75 bits per heavy atom. The number of carbonyl (C=O) groups excluding carboxylic acids is 1. The maximum atomic E-state index is 11.2. The lowest BCUT2D eigenvalue weighted by molar-refractivity contribution is -0.120. The van der Waals surface area contributed by atoms with Gasteiger partial charge in [-0.25, -0.2) is 0 Å². The Bertz CT molecular complexity index is 188. The van der Waals surface area contributed by atoms with Crippen LogP contribution in [0.1, 0.15) is 39.5 Å². The molecule has 0 saturated carbocycles. The van der Waals surface area contributed by atoms with Crippen molar-refractivity contribution in [3.05, 3.63) is 0 Å². The average Bonchev–Trinajstić information content (AvgIpc) is 2.05. The van der Waals surface area contributed by atoms with Crippen molar-refractivity contribution in [2.45, 2.75) is 45.6 Å². The van der Waals surface area contributed by atoms with Crippen LogP contribution in [0.4, 0.5) is 0 Å². The summed E-state index contributed by atoms with van der Waals surface area (Å²) in [5.74, 6) is 5.74. The Balaban J connectivity index is 3.61. The summed E-state index contributed by atoms with van der Waals surface area (Å²) < 4.78 is 0. The van der Waals surface area contributed by atoms with Crippen molar-refractivity contribution >= 4 is 5.78 Å². The highest BCUT2D eigenvalue weighted by atomic mass is 16.1. The van der Waals surface area contributed by atoms with Crippen molar-refractivity contribution in [3.8, 4) is 11.8 Å². The van der Waals surface area contributed by atoms with Gasteiger partial charge in [0.25, 0.3) is 0 Å². The minimum atomic E-state index is -0.270. The molecule has 1 atom stereocenters. The molecule has 0 bridgehead atoms. The van der Waals surface area contributed by atoms with Gasteiger partial charge < -0.3 is 5.73 Å². The molecule has 1 unspecified atom stereocenters. The van der Waals surface area contributed by atoms with E-state index in [1.165, 1.54) is 0 Å². The van der Waals surface area contributed by atoms with E-state index in [-0.39, 0.29) is 11.8 Å². The molecule has 12 heavy (non-hydrogen) atoms. The maximum Gasteiger partial charge on any atom is 0.150 e. The first-order valence-electron chi connectivity index (χ1n) is 4.40. The first kappa shape index (κ1) is 11.2. The molecule has 2 heteroatoms. The van der Waals surface area contributed by atoms with Crippen LogP contribution in [0.5, 0.6) is 0 Å². The van der Waals surface area contributed by atoms with E-state index < -0.39 is 0 Å². The van der Waals surface area contributed by atoms with E-state index >= 15 is 0 Å². The van der Waals surface area contributed by atoms with Crippen LogP contribution < -0.4 is 5.73 Å². The fourth-order valence-electron chi connectivity index (χ4n) is 0.968. The summed E-state index contributed by atoms with van der Waals surface area (Å²) in [4.78, 5) is 11.2.